The molecule has 1 aromatic carbocycles. The van der Waals surface area contributed by atoms with E-state index in [0.717, 1.165) is 17.9 Å². The maximum absolute atomic E-state index is 11.4. The standard InChI is InChI=1S/C16H24N2O3/c1-3-11-21-15-6-4-14(5-7-15)13-17-9-8-16(19)18-10-12-20-2/h3-7,17H,1,8-13H2,2H3,(H,18,19). The van der Waals surface area contributed by atoms with E-state index in [2.05, 4.69) is 17.2 Å². The van der Waals surface area contributed by atoms with Crippen molar-refractivity contribution < 1.29 is 14.3 Å². The van der Waals surface area contributed by atoms with Crippen LogP contribution in [0, 0.1) is 0 Å². The Hall–Kier alpha value is -1.85. The third-order valence-electron chi connectivity index (χ3n) is 2.78. The van der Waals surface area contributed by atoms with Crippen molar-refractivity contribution in [2.75, 3.05) is 33.4 Å². The second kappa shape index (κ2) is 10.9. The zero-order chi connectivity index (χ0) is 15.3. The molecular formula is C16H24N2O3. The van der Waals surface area contributed by atoms with E-state index in [0.29, 0.717) is 32.7 Å². The summed E-state index contributed by atoms with van der Waals surface area (Å²) in [5, 5.41) is 6.02. The van der Waals surface area contributed by atoms with Crippen molar-refractivity contribution >= 4 is 5.91 Å². The predicted molar refractivity (Wildman–Crippen MR) is 83.3 cm³/mol. The Morgan fingerprint density at radius 3 is 2.71 bits per heavy atom. The number of carbonyl (C=O) groups excluding carboxylic acids is 1. The van der Waals surface area contributed by atoms with E-state index in [1.807, 2.05) is 24.3 Å². The van der Waals surface area contributed by atoms with Gasteiger partial charge in [0.1, 0.15) is 12.4 Å². The van der Waals surface area contributed by atoms with Gasteiger partial charge in [-0.25, -0.2) is 0 Å². The van der Waals surface area contributed by atoms with Gasteiger partial charge in [-0.3, -0.25) is 4.79 Å². The maximum atomic E-state index is 11.4. The van der Waals surface area contributed by atoms with Gasteiger partial charge in [0.15, 0.2) is 0 Å². The Kier molecular flexibility index (Phi) is 8.91. The number of hydrogen-bond acceptors (Lipinski definition) is 4. The fourth-order valence-electron chi connectivity index (χ4n) is 1.67. The van der Waals surface area contributed by atoms with Crippen LogP contribution >= 0.6 is 0 Å². The average Bonchev–Trinajstić information content (AvgIpc) is 2.51. The number of amides is 1. The summed E-state index contributed by atoms with van der Waals surface area (Å²) in [5.41, 5.74) is 1.15. The zero-order valence-corrected chi connectivity index (χ0v) is 12.6. The van der Waals surface area contributed by atoms with Crippen LogP contribution in [0.3, 0.4) is 0 Å². The molecule has 0 spiro atoms. The molecule has 21 heavy (non-hydrogen) atoms. The van der Waals surface area contributed by atoms with Crippen LogP contribution in [-0.4, -0.2) is 39.3 Å². The maximum Gasteiger partial charge on any atom is 0.221 e. The van der Waals surface area contributed by atoms with Crippen LogP contribution < -0.4 is 15.4 Å². The first kappa shape index (κ1) is 17.2. The van der Waals surface area contributed by atoms with E-state index in [1.165, 1.54) is 0 Å². The SMILES string of the molecule is C=CCOc1ccc(CNCCC(=O)NCCOC)cc1. The number of carbonyl (C=O) groups is 1. The van der Waals surface area contributed by atoms with E-state index in [-0.39, 0.29) is 5.91 Å². The zero-order valence-electron chi connectivity index (χ0n) is 12.6. The molecule has 1 amide bonds. The lowest BCUT2D eigenvalue weighted by Crippen LogP contribution is -2.29. The van der Waals surface area contributed by atoms with Crippen molar-refractivity contribution in [3.05, 3.63) is 42.5 Å². The molecule has 5 heteroatoms. The van der Waals surface area contributed by atoms with E-state index < -0.39 is 0 Å². The number of nitrogens with one attached hydrogen (secondary N) is 2. The first-order valence-corrected chi connectivity index (χ1v) is 7.05. The molecule has 0 unspecified atom stereocenters. The minimum atomic E-state index is 0.0349. The van der Waals surface area contributed by atoms with E-state index in [9.17, 15) is 4.79 Å². The predicted octanol–water partition coefficient (Wildman–Crippen LogP) is 1.49. The van der Waals surface area contributed by atoms with Crippen molar-refractivity contribution in [3.8, 4) is 5.75 Å². The number of methoxy groups -OCH3 is 1. The quantitative estimate of drug-likeness (QED) is 0.479. The molecule has 0 aliphatic rings. The van der Waals surface area contributed by atoms with Crippen LogP contribution in [0.5, 0.6) is 5.75 Å². The summed E-state index contributed by atoms with van der Waals surface area (Å²) in [7, 11) is 1.61. The number of hydrogen-bond donors (Lipinski definition) is 2. The second-order valence-corrected chi connectivity index (χ2v) is 4.51. The van der Waals surface area contributed by atoms with Crippen LogP contribution in [0.15, 0.2) is 36.9 Å². The summed E-state index contributed by atoms with van der Waals surface area (Å²) in [6, 6.07) is 7.87. The van der Waals surface area contributed by atoms with Crippen molar-refractivity contribution in [1.82, 2.24) is 10.6 Å². The topological polar surface area (TPSA) is 59.6 Å². The van der Waals surface area contributed by atoms with Gasteiger partial charge in [-0.1, -0.05) is 24.8 Å². The van der Waals surface area contributed by atoms with Crippen LogP contribution in [0.4, 0.5) is 0 Å². The van der Waals surface area contributed by atoms with Gasteiger partial charge in [0.25, 0.3) is 0 Å². The molecule has 1 aromatic rings. The molecule has 0 saturated heterocycles. The van der Waals surface area contributed by atoms with Gasteiger partial charge in [0.2, 0.25) is 5.91 Å². The van der Waals surface area contributed by atoms with E-state index in [1.54, 1.807) is 13.2 Å². The first-order valence-electron chi connectivity index (χ1n) is 7.05. The molecule has 0 aromatic heterocycles. The van der Waals surface area contributed by atoms with Crippen molar-refractivity contribution in [2.45, 2.75) is 13.0 Å². The molecular weight excluding hydrogens is 268 g/mol. The molecule has 0 aliphatic heterocycles. The fourth-order valence-corrected chi connectivity index (χ4v) is 1.67. The Labute approximate surface area is 126 Å². The first-order chi connectivity index (χ1) is 10.3. The summed E-state index contributed by atoms with van der Waals surface area (Å²) in [6.07, 6.45) is 2.18. The molecule has 1 rings (SSSR count). The molecule has 0 heterocycles. The molecule has 0 radical (unpaired) electrons. The van der Waals surface area contributed by atoms with Crippen LogP contribution in [0.1, 0.15) is 12.0 Å². The average molecular weight is 292 g/mol. The highest BCUT2D eigenvalue weighted by Gasteiger charge is 2.00. The minimum absolute atomic E-state index is 0.0349. The van der Waals surface area contributed by atoms with Gasteiger partial charge >= 0.3 is 0 Å². The van der Waals surface area contributed by atoms with E-state index in [4.69, 9.17) is 9.47 Å². The van der Waals surface area contributed by atoms with Crippen molar-refractivity contribution in [2.24, 2.45) is 0 Å². The largest absolute Gasteiger partial charge is 0.490 e. The normalized spacial score (nSPS) is 10.1. The third kappa shape index (κ3) is 8.12. The number of rotatable bonds is 11. The molecule has 0 bridgehead atoms. The Morgan fingerprint density at radius 2 is 2.05 bits per heavy atom. The third-order valence-corrected chi connectivity index (χ3v) is 2.78. The van der Waals surface area contributed by atoms with Gasteiger partial charge in [0, 0.05) is 33.2 Å². The fraction of sp³-hybridized carbons (Fsp3) is 0.438. The summed E-state index contributed by atoms with van der Waals surface area (Å²) in [5.74, 6) is 0.865. The molecule has 0 aliphatic carbocycles. The Balaban J connectivity index is 2.14. The molecule has 5 nitrogen and oxygen atoms in total. The lowest BCUT2D eigenvalue weighted by molar-refractivity contribution is -0.121. The molecule has 0 atom stereocenters. The van der Waals surface area contributed by atoms with Crippen LogP contribution in [0.2, 0.25) is 0 Å². The lowest BCUT2D eigenvalue weighted by atomic mass is 10.2. The monoisotopic (exact) mass is 292 g/mol. The summed E-state index contributed by atoms with van der Waals surface area (Å²) < 4.78 is 10.3. The highest BCUT2D eigenvalue weighted by Crippen LogP contribution is 2.11. The van der Waals surface area contributed by atoms with E-state index >= 15 is 0 Å². The van der Waals surface area contributed by atoms with Crippen molar-refractivity contribution in [1.29, 1.82) is 0 Å². The van der Waals surface area contributed by atoms with Gasteiger partial charge in [0.05, 0.1) is 6.61 Å². The highest BCUT2D eigenvalue weighted by molar-refractivity contribution is 5.76. The van der Waals surface area contributed by atoms with Gasteiger partial charge in [-0.2, -0.15) is 0 Å². The summed E-state index contributed by atoms with van der Waals surface area (Å²) >= 11 is 0. The minimum Gasteiger partial charge on any atom is -0.490 e. The van der Waals surface area contributed by atoms with Gasteiger partial charge < -0.3 is 20.1 Å². The Morgan fingerprint density at radius 1 is 1.29 bits per heavy atom. The molecule has 2 N–H and O–H groups in total. The molecule has 0 fully saturated rings. The van der Waals surface area contributed by atoms with Gasteiger partial charge in [-0.15, -0.1) is 0 Å². The van der Waals surface area contributed by atoms with Crippen molar-refractivity contribution in [3.63, 3.8) is 0 Å². The number of ether oxygens (including phenoxy) is 2. The number of benzene rings is 1. The van der Waals surface area contributed by atoms with Crippen LogP contribution in [0.25, 0.3) is 0 Å². The summed E-state index contributed by atoms with van der Waals surface area (Å²) in [6.45, 7) is 6.59. The van der Waals surface area contributed by atoms with Gasteiger partial charge in [-0.05, 0) is 17.7 Å². The van der Waals surface area contributed by atoms with Crippen LogP contribution in [-0.2, 0) is 16.1 Å². The highest BCUT2D eigenvalue weighted by atomic mass is 16.5. The second-order valence-electron chi connectivity index (χ2n) is 4.51. The summed E-state index contributed by atoms with van der Waals surface area (Å²) in [4.78, 5) is 11.4. The smallest absolute Gasteiger partial charge is 0.221 e. The molecule has 0 saturated carbocycles. The lowest BCUT2D eigenvalue weighted by Gasteiger charge is -2.07. The Bertz CT molecular complexity index is 418. The molecule has 116 valence electrons.